The first-order valence-corrected chi connectivity index (χ1v) is 10.8. The molecule has 2 aromatic carbocycles. The Hall–Kier alpha value is -3.68. The van der Waals surface area contributed by atoms with E-state index in [4.69, 9.17) is 19.6 Å². The number of fused-ring (bicyclic) bond motifs is 1. The van der Waals surface area contributed by atoms with Crippen LogP contribution >= 0.6 is 0 Å². The summed E-state index contributed by atoms with van der Waals surface area (Å²) in [4.78, 5) is 16.2. The monoisotopic (exact) mass is 446 g/mol. The van der Waals surface area contributed by atoms with Gasteiger partial charge >= 0.3 is 5.97 Å². The van der Waals surface area contributed by atoms with E-state index >= 15 is 0 Å². The summed E-state index contributed by atoms with van der Waals surface area (Å²) in [5.74, 6) is 0.352. The molecule has 0 saturated carbocycles. The zero-order valence-electron chi connectivity index (χ0n) is 18.4. The SMILES string of the molecule is CCOC(=O)Cc1ccccc1OCc1cc(-c2ccnc([C@H](N)CO)c2)c2occc2c1. The number of nitrogens with zero attached hydrogens (tertiary/aromatic N) is 1. The van der Waals surface area contributed by atoms with Crippen LogP contribution in [-0.4, -0.2) is 29.3 Å². The molecule has 170 valence electrons. The summed E-state index contributed by atoms with van der Waals surface area (Å²) in [6.07, 6.45) is 3.47. The number of aliphatic hydroxyl groups is 1. The lowest BCUT2D eigenvalue weighted by Crippen LogP contribution is -2.15. The lowest BCUT2D eigenvalue weighted by Gasteiger charge is -2.13. The van der Waals surface area contributed by atoms with E-state index in [-0.39, 0.29) is 19.0 Å². The number of carbonyl (C=O) groups excluding carboxylic acids is 1. The molecule has 0 spiro atoms. The maximum absolute atomic E-state index is 11.9. The topological polar surface area (TPSA) is 108 Å². The lowest BCUT2D eigenvalue weighted by atomic mass is 10.00. The number of hydrogen-bond acceptors (Lipinski definition) is 7. The molecule has 3 N–H and O–H groups in total. The molecule has 2 aromatic heterocycles. The lowest BCUT2D eigenvalue weighted by molar-refractivity contribution is -0.142. The van der Waals surface area contributed by atoms with Crippen molar-refractivity contribution < 1.29 is 23.8 Å². The van der Waals surface area contributed by atoms with Gasteiger partial charge in [0.15, 0.2) is 0 Å². The van der Waals surface area contributed by atoms with Crippen molar-refractivity contribution in [3.8, 4) is 16.9 Å². The van der Waals surface area contributed by atoms with Crippen LogP contribution in [0.2, 0.25) is 0 Å². The fraction of sp³-hybridized carbons (Fsp3) is 0.231. The van der Waals surface area contributed by atoms with E-state index < -0.39 is 6.04 Å². The van der Waals surface area contributed by atoms with Crippen LogP contribution in [0.1, 0.15) is 29.8 Å². The van der Waals surface area contributed by atoms with Crippen LogP contribution < -0.4 is 10.5 Å². The molecule has 0 bridgehead atoms. The third-order valence-corrected chi connectivity index (χ3v) is 5.29. The smallest absolute Gasteiger partial charge is 0.310 e. The van der Waals surface area contributed by atoms with Crippen molar-refractivity contribution in [1.29, 1.82) is 0 Å². The van der Waals surface area contributed by atoms with Gasteiger partial charge in [0.2, 0.25) is 0 Å². The predicted molar refractivity (Wildman–Crippen MR) is 125 cm³/mol. The quantitative estimate of drug-likeness (QED) is 0.372. The number of aromatic nitrogens is 1. The second-order valence-corrected chi connectivity index (χ2v) is 7.62. The molecule has 2 heterocycles. The first kappa shape index (κ1) is 22.5. The zero-order valence-corrected chi connectivity index (χ0v) is 18.4. The highest BCUT2D eigenvalue weighted by Crippen LogP contribution is 2.32. The number of nitrogens with two attached hydrogens (primary N) is 1. The van der Waals surface area contributed by atoms with Crippen molar-refractivity contribution >= 4 is 16.9 Å². The van der Waals surface area contributed by atoms with Crippen molar-refractivity contribution in [2.75, 3.05) is 13.2 Å². The van der Waals surface area contributed by atoms with Crippen molar-refractivity contribution in [2.45, 2.75) is 26.0 Å². The average Bonchev–Trinajstić information content (AvgIpc) is 3.31. The molecule has 0 amide bonds. The number of hydrogen-bond donors (Lipinski definition) is 2. The largest absolute Gasteiger partial charge is 0.489 e. The van der Waals surface area contributed by atoms with Crippen molar-refractivity contribution in [3.63, 3.8) is 0 Å². The molecule has 0 radical (unpaired) electrons. The molecule has 7 nitrogen and oxygen atoms in total. The Morgan fingerprint density at radius 1 is 1.18 bits per heavy atom. The molecular weight excluding hydrogens is 420 g/mol. The number of esters is 1. The van der Waals surface area contributed by atoms with E-state index in [9.17, 15) is 9.90 Å². The van der Waals surface area contributed by atoms with Crippen molar-refractivity contribution in [3.05, 3.63) is 83.9 Å². The third-order valence-electron chi connectivity index (χ3n) is 5.29. The van der Waals surface area contributed by atoms with Crippen LogP contribution in [0.4, 0.5) is 0 Å². The van der Waals surface area contributed by atoms with Gasteiger partial charge in [0, 0.05) is 22.7 Å². The van der Waals surface area contributed by atoms with E-state index in [0.29, 0.717) is 24.7 Å². The summed E-state index contributed by atoms with van der Waals surface area (Å²) in [6.45, 7) is 2.25. The molecule has 1 atom stereocenters. The second-order valence-electron chi connectivity index (χ2n) is 7.62. The fourth-order valence-corrected chi connectivity index (χ4v) is 3.67. The van der Waals surface area contributed by atoms with Crippen LogP contribution in [0.5, 0.6) is 5.75 Å². The number of para-hydroxylation sites is 1. The Labute approximate surface area is 191 Å². The average molecular weight is 447 g/mol. The van der Waals surface area contributed by atoms with Gasteiger partial charge < -0.3 is 24.7 Å². The van der Waals surface area contributed by atoms with E-state index in [1.165, 1.54) is 0 Å². The van der Waals surface area contributed by atoms with Gasteiger partial charge in [0.05, 0.1) is 37.6 Å². The van der Waals surface area contributed by atoms with Gasteiger partial charge in [-0.05, 0) is 54.4 Å². The molecule has 4 aromatic rings. The van der Waals surface area contributed by atoms with Crippen LogP contribution in [-0.2, 0) is 22.6 Å². The van der Waals surface area contributed by atoms with Crippen LogP contribution in [0.15, 0.2) is 71.5 Å². The second kappa shape index (κ2) is 10.3. The first-order valence-electron chi connectivity index (χ1n) is 10.8. The number of benzene rings is 2. The summed E-state index contributed by atoms with van der Waals surface area (Å²) < 4.78 is 16.9. The molecule has 33 heavy (non-hydrogen) atoms. The molecule has 0 aliphatic heterocycles. The molecule has 7 heteroatoms. The van der Waals surface area contributed by atoms with Crippen LogP contribution in [0.25, 0.3) is 22.1 Å². The first-order chi connectivity index (χ1) is 16.1. The van der Waals surface area contributed by atoms with Gasteiger partial charge in [-0.2, -0.15) is 0 Å². The number of furan rings is 1. The molecule has 4 rings (SSSR count). The summed E-state index contributed by atoms with van der Waals surface area (Å²) in [5.41, 5.74) is 10.8. The fourth-order valence-electron chi connectivity index (χ4n) is 3.67. The minimum atomic E-state index is -0.556. The van der Waals surface area contributed by atoms with E-state index in [0.717, 1.165) is 33.2 Å². The van der Waals surface area contributed by atoms with Gasteiger partial charge in [-0.1, -0.05) is 18.2 Å². The van der Waals surface area contributed by atoms with Crippen molar-refractivity contribution in [1.82, 2.24) is 4.98 Å². The predicted octanol–water partition coefficient (Wildman–Crippen LogP) is 4.17. The highest BCUT2D eigenvalue weighted by Gasteiger charge is 2.14. The van der Waals surface area contributed by atoms with Gasteiger partial charge in [-0.25, -0.2) is 0 Å². The van der Waals surface area contributed by atoms with Crippen LogP contribution in [0.3, 0.4) is 0 Å². The Morgan fingerprint density at radius 3 is 2.85 bits per heavy atom. The van der Waals surface area contributed by atoms with Gasteiger partial charge in [0.1, 0.15) is 17.9 Å². The minimum Gasteiger partial charge on any atom is -0.489 e. The Balaban J connectivity index is 1.62. The summed E-state index contributed by atoms with van der Waals surface area (Å²) in [6, 6.07) is 16.5. The molecule has 0 fully saturated rings. The van der Waals surface area contributed by atoms with E-state index in [1.54, 1.807) is 19.4 Å². The number of rotatable bonds is 9. The summed E-state index contributed by atoms with van der Waals surface area (Å²) in [5, 5.41) is 10.3. The normalized spacial score (nSPS) is 12.0. The molecular formula is C26H26N2O5. The Morgan fingerprint density at radius 2 is 2.03 bits per heavy atom. The number of ether oxygens (including phenoxy) is 2. The van der Waals surface area contributed by atoms with E-state index in [2.05, 4.69) is 4.98 Å². The Bertz CT molecular complexity index is 1250. The van der Waals surface area contributed by atoms with Gasteiger partial charge in [-0.3, -0.25) is 9.78 Å². The highest BCUT2D eigenvalue weighted by atomic mass is 16.5. The number of pyridine rings is 1. The third kappa shape index (κ3) is 5.22. The maximum atomic E-state index is 11.9. The summed E-state index contributed by atoms with van der Waals surface area (Å²) in [7, 11) is 0. The molecule has 0 aliphatic rings. The van der Waals surface area contributed by atoms with Gasteiger partial charge in [0.25, 0.3) is 0 Å². The van der Waals surface area contributed by atoms with Crippen LogP contribution in [0, 0.1) is 0 Å². The number of carbonyl (C=O) groups is 1. The van der Waals surface area contributed by atoms with E-state index in [1.807, 2.05) is 54.6 Å². The maximum Gasteiger partial charge on any atom is 0.310 e. The molecule has 0 aliphatic carbocycles. The zero-order chi connectivity index (χ0) is 23.2. The van der Waals surface area contributed by atoms with Gasteiger partial charge in [-0.15, -0.1) is 0 Å². The molecule has 0 unspecified atom stereocenters. The molecule has 0 saturated heterocycles. The minimum absolute atomic E-state index is 0.154. The summed E-state index contributed by atoms with van der Waals surface area (Å²) >= 11 is 0. The number of aliphatic hydroxyl groups excluding tert-OH is 1. The standard InChI is InChI=1S/C26H26N2O5/c1-2-31-25(30)14-19-5-3-4-6-24(19)33-16-17-11-20-8-10-32-26(20)21(12-17)18-7-9-28-23(13-18)22(27)15-29/h3-13,22,29H,2,14-16,27H2,1H3/t22-/m1/s1. The Kier molecular flexibility index (Phi) is 7.02. The van der Waals surface area contributed by atoms with Crippen molar-refractivity contribution in [2.24, 2.45) is 5.73 Å². The highest BCUT2D eigenvalue weighted by molar-refractivity contribution is 5.93.